The van der Waals surface area contributed by atoms with Crippen molar-refractivity contribution in [2.24, 2.45) is 0 Å². The van der Waals surface area contributed by atoms with Crippen LogP contribution in [0.4, 0.5) is 5.69 Å². The van der Waals surface area contributed by atoms with Crippen LogP contribution in [0.2, 0.25) is 0 Å². The summed E-state index contributed by atoms with van der Waals surface area (Å²) in [6.07, 6.45) is 2.40. The zero-order valence-electron chi connectivity index (χ0n) is 7.13. The van der Waals surface area contributed by atoms with Gasteiger partial charge in [0.2, 0.25) is 0 Å². The lowest BCUT2D eigenvalue weighted by molar-refractivity contribution is 0.672. The van der Waals surface area contributed by atoms with Crippen molar-refractivity contribution >= 4 is 17.0 Å². The molecule has 1 aromatic heterocycles. The second-order valence-electron chi connectivity index (χ2n) is 2.67. The zero-order valence-corrected chi connectivity index (χ0v) is 7.95. The highest BCUT2D eigenvalue weighted by molar-refractivity contribution is 7.08. The molecule has 0 unspecified atom stereocenters. The average molecular weight is 169 g/mol. The highest BCUT2D eigenvalue weighted by Gasteiger charge is 2.01. The molecule has 0 saturated carbocycles. The van der Waals surface area contributed by atoms with Crippen LogP contribution in [0.15, 0.2) is 16.8 Å². The van der Waals surface area contributed by atoms with Crippen molar-refractivity contribution in [2.75, 3.05) is 5.32 Å². The molecule has 0 fully saturated rings. The van der Waals surface area contributed by atoms with E-state index in [9.17, 15) is 0 Å². The molecular formula is C9H15NS. The van der Waals surface area contributed by atoms with Crippen LogP contribution in [-0.2, 0) is 0 Å². The highest BCUT2D eigenvalue weighted by atomic mass is 32.1. The van der Waals surface area contributed by atoms with Gasteiger partial charge in [0.25, 0.3) is 0 Å². The van der Waals surface area contributed by atoms with E-state index < -0.39 is 0 Å². The van der Waals surface area contributed by atoms with Crippen LogP contribution >= 0.6 is 11.3 Å². The van der Waals surface area contributed by atoms with Gasteiger partial charge in [0.15, 0.2) is 0 Å². The SMILES string of the molecule is CCC(CC)Nc1ccsc1. The van der Waals surface area contributed by atoms with E-state index in [0.717, 1.165) is 0 Å². The molecule has 0 radical (unpaired) electrons. The standard InChI is InChI=1S/C9H15NS/c1-3-8(4-2)10-9-5-6-11-7-9/h5-8,10H,3-4H2,1-2H3. The Morgan fingerprint density at radius 2 is 2.18 bits per heavy atom. The number of hydrogen-bond donors (Lipinski definition) is 1. The van der Waals surface area contributed by atoms with E-state index in [1.165, 1.54) is 18.5 Å². The number of rotatable bonds is 4. The summed E-state index contributed by atoms with van der Waals surface area (Å²) in [7, 11) is 0. The predicted octanol–water partition coefficient (Wildman–Crippen LogP) is 3.35. The predicted molar refractivity (Wildman–Crippen MR) is 52.3 cm³/mol. The van der Waals surface area contributed by atoms with Gasteiger partial charge in [-0.2, -0.15) is 11.3 Å². The van der Waals surface area contributed by atoms with Gasteiger partial charge in [0.1, 0.15) is 0 Å². The summed E-state index contributed by atoms with van der Waals surface area (Å²) in [4.78, 5) is 0. The summed E-state index contributed by atoms with van der Waals surface area (Å²) in [6.45, 7) is 4.43. The lowest BCUT2D eigenvalue weighted by atomic mass is 10.2. The Hall–Kier alpha value is -0.500. The average Bonchev–Trinajstić information content (AvgIpc) is 2.52. The maximum absolute atomic E-state index is 3.47. The van der Waals surface area contributed by atoms with Crippen molar-refractivity contribution in [1.82, 2.24) is 0 Å². The number of nitrogens with one attached hydrogen (secondary N) is 1. The molecule has 62 valence electrons. The van der Waals surface area contributed by atoms with Crippen molar-refractivity contribution in [3.63, 3.8) is 0 Å². The van der Waals surface area contributed by atoms with Gasteiger partial charge in [-0.25, -0.2) is 0 Å². The molecule has 0 aliphatic rings. The molecule has 1 N–H and O–H groups in total. The summed E-state index contributed by atoms with van der Waals surface area (Å²) < 4.78 is 0. The van der Waals surface area contributed by atoms with Crippen molar-refractivity contribution in [1.29, 1.82) is 0 Å². The third kappa shape index (κ3) is 2.54. The molecule has 2 heteroatoms. The van der Waals surface area contributed by atoms with Crippen LogP contribution in [0.5, 0.6) is 0 Å². The van der Waals surface area contributed by atoms with E-state index in [4.69, 9.17) is 0 Å². The van der Waals surface area contributed by atoms with Gasteiger partial charge < -0.3 is 5.32 Å². The van der Waals surface area contributed by atoms with Crippen molar-refractivity contribution < 1.29 is 0 Å². The van der Waals surface area contributed by atoms with E-state index in [0.29, 0.717) is 6.04 Å². The minimum absolute atomic E-state index is 0.643. The summed E-state index contributed by atoms with van der Waals surface area (Å²) in [6, 6.07) is 2.77. The molecule has 0 amide bonds. The van der Waals surface area contributed by atoms with E-state index in [2.05, 4.69) is 36.0 Å². The summed E-state index contributed by atoms with van der Waals surface area (Å²) in [5.41, 5.74) is 1.27. The van der Waals surface area contributed by atoms with Crippen LogP contribution < -0.4 is 5.32 Å². The fourth-order valence-corrected chi connectivity index (χ4v) is 1.67. The second-order valence-corrected chi connectivity index (χ2v) is 3.45. The maximum atomic E-state index is 3.47. The molecule has 0 aromatic carbocycles. The Labute approximate surface area is 72.4 Å². The normalized spacial score (nSPS) is 10.5. The lowest BCUT2D eigenvalue weighted by Gasteiger charge is -2.14. The van der Waals surface area contributed by atoms with Gasteiger partial charge in [0.05, 0.1) is 0 Å². The first-order chi connectivity index (χ1) is 5.36. The molecule has 0 bridgehead atoms. The van der Waals surface area contributed by atoms with Gasteiger partial charge in [-0.3, -0.25) is 0 Å². The molecule has 0 saturated heterocycles. The fourth-order valence-electron chi connectivity index (χ4n) is 1.08. The first kappa shape index (κ1) is 8.60. The summed E-state index contributed by atoms with van der Waals surface area (Å²) >= 11 is 1.74. The van der Waals surface area contributed by atoms with Gasteiger partial charge >= 0.3 is 0 Å². The zero-order chi connectivity index (χ0) is 8.10. The van der Waals surface area contributed by atoms with E-state index >= 15 is 0 Å². The Bertz CT molecular complexity index is 177. The molecular weight excluding hydrogens is 154 g/mol. The Morgan fingerprint density at radius 1 is 1.45 bits per heavy atom. The van der Waals surface area contributed by atoms with Crippen molar-refractivity contribution in [3.05, 3.63) is 16.8 Å². The lowest BCUT2D eigenvalue weighted by Crippen LogP contribution is -2.16. The van der Waals surface area contributed by atoms with Crippen LogP contribution in [0.25, 0.3) is 0 Å². The van der Waals surface area contributed by atoms with Crippen LogP contribution in [0.3, 0.4) is 0 Å². The Kier molecular flexibility index (Phi) is 3.43. The molecule has 0 aliphatic carbocycles. The third-order valence-electron chi connectivity index (χ3n) is 1.88. The molecule has 1 rings (SSSR count). The number of thiophene rings is 1. The first-order valence-corrected chi connectivity index (χ1v) is 5.09. The number of hydrogen-bond acceptors (Lipinski definition) is 2. The van der Waals surface area contributed by atoms with E-state index in [1.54, 1.807) is 11.3 Å². The molecule has 0 aliphatic heterocycles. The molecule has 1 heterocycles. The molecule has 11 heavy (non-hydrogen) atoms. The summed E-state index contributed by atoms with van der Waals surface area (Å²) in [5, 5.41) is 7.72. The fraction of sp³-hybridized carbons (Fsp3) is 0.556. The highest BCUT2D eigenvalue weighted by Crippen LogP contribution is 2.14. The topological polar surface area (TPSA) is 12.0 Å². The van der Waals surface area contributed by atoms with Gasteiger partial charge in [-0.1, -0.05) is 13.8 Å². The Morgan fingerprint density at radius 3 is 2.64 bits per heavy atom. The monoisotopic (exact) mass is 169 g/mol. The van der Waals surface area contributed by atoms with Crippen LogP contribution in [0.1, 0.15) is 26.7 Å². The molecule has 0 spiro atoms. The van der Waals surface area contributed by atoms with Crippen molar-refractivity contribution in [2.45, 2.75) is 32.7 Å². The Balaban J connectivity index is 2.41. The molecule has 1 aromatic rings. The van der Waals surface area contributed by atoms with Gasteiger partial charge in [-0.15, -0.1) is 0 Å². The molecule has 1 nitrogen and oxygen atoms in total. The van der Waals surface area contributed by atoms with Crippen LogP contribution in [-0.4, -0.2) is 6.04 Å². The molecule has 0 atom stereocenters. The van der Waals surface area contributed by atoms with E-state index in [1.807, 2.05) is 0 Å². The minimum Gasteiger partial charge on any atom is -0.382 e. The third-order valence-corrected chi connectivity index (χ3v) is 2.56. The van der Waals surface area contributed by atoms with E-state index in [-0.39, 0.29) is 0 Å². The smallest absolute Gasteiger partial charge is 0.0450 e. The summed E-state index contributed by atoms with van der Waals surface area (Å²) in [5.74, 6) is 0. The largest absolute Gasteiger partial charge is 0.382 e. The first-order valence-electron chi connectivity index (χ1n) is 4.15. The quantitative estimate of drug-likeness (QED) is 0.729. The van der Waals surface area contributed by atoms with Crippen molar-refractivity contribution in [3.8, 4) is 0 Å². The number of anilines is 1. The van der Waals surface area contributed by atoms with Gasteiger partial charge in [-0.05, 0) is 24.3 Å². The minimum atomic E-state index is 0.643. The maximum Gasteiger partial charge on any atom is 0.0450 e. The van der Waals surface area contributed by atoms with Crippen LogP contribution in [0, 0.1) is 0 Å². The van der Waals surface area contributed by atoms with Gasteiger partial charge in [0, 0.05) is 17.1 Å². The second kappa shape index (κ2) is 4.39.